The molecule has 0 aromatic heterocycles. The summed E-state index contributed by atoms with van der Waals surface area (Å²) in [5, 5.41) is 8.43. The lowest BCUT2D eigenvalue weighted by Gasteiger charge is -2.35. The Balaban J connectivity index is 1.39. The van der Waals surface area contributed by atoms with Gasteiger partial charge in [-0.15, -0.1) is 23.2 Å². The van der Waals surface area contributed by atoms with Gasteiger partial charge in [0, 0.05) is 23.9 Å². The Labute approximate surface area is 249 Å². The normalized spacial score (nSPS) is 25.9. The maximum Gasteiger partial charge on any atom is 0.315 e. The first-order valence-corrected chi connectivity index (χ1v) is 14.9. The quantitative estimate of drug-likeness (QED) is 0.250. The number of piperidine rings is 1. The zero-order valence-electron chi connectivity index (χ0n) is 23.4. The Bertz CT molecular complexity index is 1250. The first-order valence-electron chi connectivity index (χ1n) is 14.1. The number of halogens is 2. The number of carbonyl (C=O) groups excluding carboxylic acids is 5. The molecule has 5 N–H and O–H groups in total. The highest BCUT2D eigenvalue weighted by atomic mass is 35.5. The summed E-state index contributed by atoms with van der Waals surface area (Å²) in [4.78, 5) is 66.7. The molecule has 0 unspecified atom stereocenters. The number of benzene rings is 1. The van der Waals surface area contributed by atoms with E-state index in [0.29, 0.717) is 19.3 Å². The molecule has 4 aliphatic rings. The maximum absolute atomic E-state index is 14.3. The average Bonchev–Trinajstić information content (AvgIpc) is 3.63. The molecule has 1 aromatic rings. The fourth-order valence-corrected chi connectivity index (χ4v) is 7.21. The zero-order valence-corrected chi connectivity index (χ0v) is 24.9. The molecule has 2 saturated carbocycles. The van der Waals surface area contributed by atoms with Gasteiger partial charge < -0.3 is 26.6 Å². The number of likely N-dealkylation sites (tertiary alicyclic amines) is 1. The van der Waals surface area contributed by atoms with Crippen LogP contribution in [0, 0.1) is 23.7 Å². The summed E-state index contributed by atoms with van der Waals surface area (Å²) >= 11 is 13.0. The lowest BCUT2D eigenvalue weighted by molar-refractivity contribution is -0.143. The number of alkyl halides is 2. The van der Waals surface area contributed by atoms with E-state index >= 15 is 0 Å². The largest absolute Gasteiger partial charge is 0.363 e. The third-order valence-electron chi connectivity index (χ3n) is 8.62. The molecule has 5 rings (SSSR count). The minimum atomic E-state index is -1.20. The summed E-state index contributed by atoms with van der Waals surface area (Å²) in [5.41, 5.74) is 6.95. The predicted octanol–water partition coefficient (Wildman–Crippen LogP) is 1.84. The van der Waals surface area contributed by atoms with Gasteiger partial charge in [-0.3, -0.25) is 19.2 Å². The number of hydrogen-bond donors (Lipinski definition) is 4. The van der Waals surface area contributed by atoms with E-state index in [1.165, 1.54) is 4.90 Å². The predicted molar refractivity (Wildman–Crippen MR) is 153 cm³/mol. The highest BCUT2D eigenvalue weighted by Crippen LogP contribution is 2.65. The molecule has 5 atom stereocenters. The van der Waals surface area contributed by atoms with Crippen molar-refractivity contribution in [1.82, 2.24) is 20.9 Å². The van der Waals surface area contributed by atoms with Crippen molar-refractivity contribution in [2.75, 3.05) is 6.54 Å². The third kappa shape index (κ3) is 6.18. The summed E-state index contributed by atoms with van der Waals surface area (Å²) in [6.45, 7) is 5.66. The van der Waals surface area contributed by atoms with E-state index in [-0.39, 0.29) is 24.3 Å². The average molecular weight is 607 g/mol. The van der Waals surface area contributed by atoms with Crippen LogP contribution < -0.4 is 21.7 Å². The minimum Gasteiger partial charge on any atom is -0.363 e. The second-order valence-electron chi connectivity index (χ2n) is 13.0. The van der Waals surface area contributed by atoms with Crippen molar-refractivity contribution in [3.8, 4) is 0 Å². The number of urea groups is 1. The van der Waals surface area contributed by atoms with Gasteiger partial charge in [-0.1, -0.05) is 37.1 Å². The van der Waals surface area contributed by atoms with Gasteiger partial charge in [-0.05, 0) is 63.0 Å². The number of hydrogen-bond acceptors (Lipinski definition) is 5. The number of amides is 5. The standard InChI is InChI=1S/C29H37Cl2N5O5/c1-28(2,3)35-27(41)34-21(17-11-15-6-4-5-7-16(15)12-17)26(40)36-13-18-20(29(18,30)31)22(36)25(39)33-19(10-14-8-9-14)23(37)24(32)38/h4-7,14,17-22H,8-13H2,1-3H3,(H2,32,38)(H,33,39)(H2,34,35,41)/t18-,19-,20-,21-,22-/m0/s1. The van der Waals surface area contributed by atoms with Crippen LogP contribution >= 0.6 is 23.2 Å². The molecule has 10 nitrogen and oxygen atoms in total. The van der Waals surface area contributed by atoms with E-state index in [9.17, 15) is 24.0 Å². The Hall–Kier alpha value is -2.85. The molecule has 222 valence electrons. The monoisotopic (exact) mass is 605 g/mol. The molecule has 1 saturated heterocycles. The molecule has 3 aliphatic carbocycles. The number of nitrogens with one attached hydrogen (secondary N) is 3. The Kier molecular flexibility index (Phi) is 7.78. The third-order valence-corrected chi connectivity index (χ3v) is 9.69. The molecule has 5 amide bonds. The van der Waals surface area contributed by atoms with Crippen LogP contribution in [-0.2, 0) is 32.0 Å². The molecular weight excluding hydrogens is 569 g/mol. The molecule has 0 spiro atoms. The van der Waals surface area contributed by atoms with E-state index in [0.717, 1.165) is 24.0 Å². The molecule has 0 radical (unpaired) electrons. The van der Waals surface area contributed by atoms with Crippen molar-refractivity contribution < 1.29 is 24.0 Å². The van der Waals surface area contributed by atoms with Crippen LogP contribution in [0.15, 0.2) is 24.3 Å². The van der Waals surface area contributed by atoms with Crippen LogP contribution in [0.4, 0.5) is 4.79 Å². The second kappa shape index (κ2) is 10.8. The number of nitrogens with zero attached hydrogens (tertiary/aromatic N) is 1. The van der Waals surface area contributed by atoms with Crippen LogP contribution in [0.1, 0.15) is 51.2 Å². The molecular formula is C29H37Cl2N5O5. The summed E-state index contributed by atoms with van der Waals surface area (Å²) < 4.78 is -1.20. The molecule has 0 bridgehead atoms. The summed E-state index contributed by atoms with van der Waals surface area (Å²) in [5.74, 6) is -3.93. The SMILES string of the molecule is CC(C)(C)NC(=O)N[C@H](C(=O)N1C[C@H]2[C@@H]([C@H]1C(=O)N[C@@H](CC1CC1)C(=O)C(N)=O)C2(Cl)Cl)C1Cc2ccccc2C1. The van der Waals surface area contributed by atoms with Gasteiger partial charge >= 0.3 is 6.03 Å². The van der Waals surface area contributed by atoms with Crippen molar-refractivity contribution in [2.24, 2.45) is 29.4 Å². The van der Waals surface area contributed by atoms with Crippen LogP contribution in [0.25, 0.3) is 0 Å². The van der Waals surface area contributed by atoms with Crippen molar-refractivity contribution in [3.05, 3.63) is 35.4 Å². The Morgan fingerprint density at radius 2 is 1.66 bits per heavy atom. The Morgan fingerprint density at radius 1 is 1.05 bits per heavy atom. The number of nitrogens with two attached hydrogens (primary N) is 1. The molecule has 1 heterocycles. The smallest absolute Gasteiger partial charge is 0.315 e. The van der Waals surface area contributed by atoms with Crippen molar-refractivity contribution >= 4 is 52.7 Å². The number of Topliss-reactive ketones (excluding diaryl/α,β-unsaturated/α-hetero) is 1. The van der Waals surface area contributed by atoms with Crippen LogP contribution in [0.3, 0.4) is 0 Å². The first kappa shape index (κ1) is 29.6. The molecule has 41 heavy (non-hydrogen) atoms. The van der Waals surface area contributed by atoms with Crippen molar-refractivity contribution in [3.63, 3.8) is 0 Å². The molecule has 12 heteroatoms. The van der Waals surface area contributed by atoms with Gasteiger partial charge in [0.05, 0.1) is 6.04 Å². The molecule has 3 fully saturated rings. The fraction of sp³-hybridized carbons (Fsp3) is 0.621. The van der Waals surface area contributed by atoms with Crippen LogP contribution in [0.5, 0.6) is 0 Å². The fourth-order valence-electron chi connectivity index (χ4n) is 6.39. The lowest BCUT2D eigenvalue weighted by Crippen LogP contribution is -2.61. The van der Waals surface area contributed by atoms with Gasteiger partial charge in [0.2, 0.25) is 17.6 Å². The van der Waals surface area contributed by atoms with E-state index in [1.54, 1.807) is 0 Å². The van der Waals surface area contributed by atoms with E-state index in [4.69, 9.17) is 28.9 Å². The summed E-state index contributed by atoms with van der Waals surface area (Å²) in [6.07, 6.45) is 3.28. The highest BCUT2D eigenvalue weighted by molar-refractivity contribution is 6.51. The van der Waals surface area contributed by atoms with Crippen LogP contribution in [-0.4, -0.2) is 69.0 Å². The second-order valence-corrected chi connectivity index (χ2v) is 14.4. The van der Waals surface area contributed by atoms with E-state index in [2.05, 4.69) is 16.0 Å². The number of fused-ring (bicyclic) bond motifs is 2. The summed E-state index contributed by atoms with van der Waals surface area (Å²) in [7, 11) is 0. The van der Waals surface area contributed by atoms with Crippen molar-refractivity contribution in [1.29, 1.82) is 0 Å². The number of primary amides is 1. The van der Waals surface area contributed by atoms with Gasteiger partial charge in [0.25, 0.3) is 5.91 Å². The molecule has 1 aliphatic heterocycles. The van der Waals surface area contributed by atoms with E-state index in [1.807, 2.05) is 45.0 Å². The van der Waals surface area contributed by atoms with Crippen molar-refractivity contribution in [2.45, 2.75) is 80.9 Å². The Morgan fingerprint density at radius 3 is 2.20 bits per heavy atom. The topological polar surface area (TPSA) is 151 Å². The van der Waals surface area contributed by atoms with Gasteiger partial charge in [-0.2, -0.15) is 0 Å². The van der Waals surface area contributed by atoms with E-state index < -0.39 is 63.5 Å². The minimum absolute atomic E-state index is 0.129. The van der Waals surface area contributed by atoms with Gasteiger partial charge in [0.15, 0.2) is 0 Å². The molecule has 1 aromatic carbocycles. The first-order chi connectivity index (χ1) is 19.2. The maximum atomic E-state index is 14.3. The summed E-state index contributed by atoms with van der Waals surface area (Å²) in [6, 6.07) is 4.35. The van der Waals surface area contributed by atoms with Crippen LogP contribution in [0.2, 0.25) is 0 Å². The van der Waals surface area contributed by atoms with Gasteiger partial charge in [0.1, 0.15) is 16.4 Å². The zero-order chi connectivity index (χ0) is 29.9. The number of carbonyl (C=O) groups is 5. The highest BCUT2D eigenvalue weighted by Gasteiger charge is 2.74. The van der Waals surface area contributed by atoms with Gasteiger partial charge in [-0.25, -0.2) is 4.79 Å². The number of rotatable bonds is 9. The lowest BCUT2D eigenvalue weighted by atomic mass is 9.94. The number of ketones is 1.